The van der Waals surface area contributed by atoms with Gasteiger partial charge < -0.3 is 24.5 Å². The smallest absolute Gasteiger partial charge is 0.164 e. The number of nitrogens with one attached hydrogen (secondary N) is 2. The van der Waals surface area contributed by atoms with E-state index in [9.17, 15) is 0 Å². The summed E-state index contributed by atoms with van der Waals surface area (Å²) in [5.41, 5.74) is 3.00. The number of methoxy groups -OCH3 is 3. The molecular formula is C18H21N3O3. The van der Waals surface area contributed by atoms with Crippen molar-refractivity contribution in [2.75, 3.05) is 21.3 Å². The summed E-state index contributed by atoms with van der Waals surface area (Å²) in [5, 5.41) is 3.37. The van der Waals surface area contributed by atoms with Gasteiger partial charge in [0.1, 0.15) is 11.6 Å². The van der Waals surface area contributed by atoms with Crippen molar-refractivity contribution in [1.82, 2.24) is 15.3 Å². The third-order valence-corrected chi connectivity index (χ3v) is 3.83. The SMILES string of the molecule is COc1cc(OC)c(OC)cc1CNCc1nc2ccccc2[nH]1. The maximum absolute atomic E-state index is 5.44. The number of rotatable bonds is 7. The summed E-state index contributed by atoms with van der Waals surface area (Å²) in [6, 6.07) is 11.7. The van der Waals surface area contributed by atoms with Crippen molar-refractivity contribution in [3.8, 4) is 17.2 Å². The van der Waals surface area contributed by atoms with Gasteiger partial charge in [-0.1, -0.05) is 12.1 Å². The summed E-state index contributed by atoms with van der Waals surface area (Å²) in [7, 11) is 4.87. The van der Waals surface area contributed by atoms with E-state index in [1.165, 1.54) is 0 Å². The summed E-state index contributed by atoms with van der Waals surface area (Å²) in [6.45, 7) is 1.26. The molecule has 0 aliphatic heterocycles. The van der Waals surface area contributed by atoms with Crippen LogP contribution in [0.3, 0.4) is 0 Å². The number of H-pyrrole nitrogens is 1. The lowest BCUT2D eigenvalue weighted by atomic mass is 10.1. The minimum atomic E-state index is 0.626. The Hall–Kier alpha value is -2.73. The molecule has 0 aliphatic carbocycles. The summed E-state index contributed by atoms with van der Waals surface area (Å²) >= 11 is 0. The fraction of sp³-hybridized carbons (Fsp3) is 0.278. The van der Waals surface area contributed by atoms with Crippen molar-refractivity contribution in [3.05, 3.63) is 47.8 Å². The molecule has 0 spiro atoms. The standard InChI is InChI=1S/C18H21N3O3/c1-22-15-9-17(24-3)16(23-2)8-12(15)10-19-11-18-20-13-6-4-5-7-14(13)21-18/h4-9,19H,10-11H2,1-3H3,(H,20,21). The van der Waals surface area contributed by atoms with Crippen molar-refractivity contribution < 1.29 is 14.2 Å². The molecule has 1 heterocycles. The maximum Gasteiger partial charge on any atom is 0.164 e. The lowest BCUT2D eigenvalue weighted by molar-refractivity contribution is 0.347. The van der Waals surface area contributed by atoms with Crippen LogP contribution < -0.4 is 19.5 Å². The quantitative estimate of drug-likeness (QED) is 0.698. The van der Waals surface area contributed by atoms with Gasteiger partial charge in [-0.25, -0.2) is 4.98 Å². The molecule has 0 amide bonds. The third kappa shape index (κ3) is 3.28. The highest BCUT2D eigenvalue weighted by Crippen LogP contribution is 2.34. The Morgan fingerprint density at radius 2 is 1.62 bits per heavy atom. The minimum absolute atomic E-state index is 0.626. The maximum atomic E-state index is 5.44. The van der Waals surface area contributed by atoms with Gasteiger partial charge in [-0.05, 0) is 18.2 Å². The molecule has 6 heteroatoms. The monoisotopic (exact) mass is 327 g/mol. The highest BCUT2D eigenvalue weighted by molar-refractivity contribution is 5.74. The Morgan fingerprint density at radius 1 is 0.917 bits per heavy atom. The van der Waals surface area contributed by atoms with Crippen LogP contribution in [0.15, 0.2) is 36.4 Å². The molecule has 2 N–H and O–H groups in total. The second kappa shape index (κ2) is 7.23. The van der Waals surface area contributed by atoms with E-state index in [2.05, 4.69) is 15.3 Å². The van der Waals surface area contributed by atoms with Gasteiger partial charge in [-0.2, -0.15) is 0 Å². The zero-order valence-electron chi connectivity index (χ0n) is 14.1. The molecule has 6 nitrogen and oxygen atoms in total. The first-order valence-corrected chi connectivity index (χ1v) is 7.68. The number of aromatic nitrogens is 2. The lowest BCUT2D eigenvalue weighted by Crippen LogP contribution is -2.14. The molecule has 24 heavy (non-hydrogen) atoms. The molecule has 3 rings (SSSR count). The van der Waals surface area contributed by atoms with E-state index in [1.54, 1.807) is 21.3 Å². The average Bonchev–Trinajstić information content (AvgIpc) is 3.03. The number of imidazole rings is 1. The average molecular weight is 327 g/mol. The van der Waals surface area contributed by atoms with Gasteiger partial charge in [0.05, 0.1) is 38.9 Å². The number of aromatic amines is 1. The molecule has 126 valence electrons. The van der Waals surface area contributed by atoms with Gasteiger partial charge in [0.15, 0.2) is 11.5 Å². The van der Waals surface area contributed by atoms with E-state index in [4.69, 9.17) is 14.2 Å². The van der Waals surface area contributed by atoms with Gasteiger partial charge in [-0.15, -0.1) is 0 Å². The first-order valence-electron chi connectivity index (χ1n) is 7.68. The predicted octanol–water partition coefficient (Wildman–Crippen LogP) is 2.88. The molecule has 0 saturated heterocycles. The van der Waals surface area contributed by atoms with Crippen molar-refractivity contribution in [3.63, 3.8) is 0 Å². The molecule has 0 unspecified atom stereocenters. The first-order chi connectivity index (χ1) is 11.7. The van der Waals surface area contributed by atoms with Crippen LogP contribution in [0.2, 0.25) is 0 Å². The Labute approximate surface area is 140 Å². The van der Waals surface area contributed by atoms with Crippen molar-refractivity contribution in [2.45, 2.75) is 13.1 Å². The Morgan fingerprint density at radius 3 is 2.33 bits per heavy atom. The Kier molecular flexibility index (Phi) is 4.86. The topological polar surface area (TPSA) is 68.4 Å². The normalized spacial score (nSPS) is 10.8. The highest BCUT2D eigenvalue weighted by Gasteiger charge is 2.11. The van der Waals surface area contributed by atoms with E-state index in [1.807, 2.05) is 36.4 Å². The van der Waals surface area contributed by atoms with Crippen LogP contribution in [0, 0.1) is 0 Å². The molecular weight excluding hydrogens is 306 g/mol. The first kappa shape index (κ1) is 16.1. The molecule has 2 aromatic carbocycles. The molecule has 0 bridgehead atoms. The number of hydrogen-bond acceptors (Lipinski definition) is 5. The molecule has 3 aromatic rings. The van der Waals surface area contributed by atoms with E-state index >= 15 is 0 Å². The largest absolute Gasteiger partial charge is 0.496 e. The van der Waals surface area contributed by atoms with Crippen LogP contribution in [0.4, 0.5) is 0 Å². The van der Waals surface area contributed by atoms with Crippen LogP contribution in [0.1, 0.15) is 11.4 Å². The van der Waals surface area contributed by atoms with Crippen LogP contribution in [0.25, 0.3) is 11.0 Å². The van der Waals surface area contributed by atoms with Gasteiger partial charge in [0.2, 0.25) is 0 Å². The van der Waals surface area contributed by atoms with Crippen LogP contribution >= 0.6 is 0 Å². The highest BCUT2D eigenvalue weighted by atomic mass is 16.5. The molecule has 0 radical (unpaired) electrons. The van der Waals surface area contributed by atoms with Crippen molar-refractivity contribution >= 4 is 11.0 Å². The van der Waals surface area contributed by atoms with Crippen LogP contribution in [-0.2, 0) is 13.1 Å². The van der Waals surface area contributed by atoms with Gasteiger partial charge in [0.25, 0.3) is 0 Å². The lowest BCUT2D eigenvalue weighted by Gasteiger charge is -2.14. The van der Waals surface area contributed by atoms with Gasteiger partial charge in [-0.3, -0.25) is 0 Å². The van der Waals surface area contributed by atoms with Crippen molar-refractivity contribution in [1.29, 1.82) is 0 Å². The molecule has 0 aliphatic rings. The summed E-state index contributed by atoms with van der Waals surface area (Å²) < 4.78 is 16.1. The van der Waals surface area contributed by atoms with E-state index < -0.39 is 0 Å². The Balaban J connectivity index is 1.71. The minimum Gasteiger partial charge on any atom is -0.496 e. The van der Waals surface area contributed by atoms with Crippen LogP contribution in [0.5, 0.6) is 17.2 Å². The van der Waals surface area contributed by atoms with Crippen molar-refractivity contribution in [2.24, 2.45) is 0 Å². The van der Waals surface area contributed by atoms with Crippen LogP contribution in [-0.4, -0.2) is 31.3 Å². The summed E-state index contributed by atoms with van der Waals surface area (Å²) in [4.78, 5) is 7.86. The molecule has 0 atom stereocenters. The number of fused-ring (bicyclic) bond motifs is 1. The number of ether oxygens (including phenoxy) is 3. The van der Waals surface area contributed by atoms with Gasteiger partial charge in [0, 0.05) is 18.2 Å². The number of nitrogens with zero attached hydrogens (tertiary/aromatic N) is 1. The number of hydrogen-bond donors (Lipinski definition) is 2. The summed E-state index contributed by atoms with van der Waals surface area (Å²) in [6.07, 6.45) is 0. The number of para-hydroxylation sites is 2. The number of benzene rings is 2. The second-order valence-corrected chi connectivity index (χ2v) is 5.32. The van der Waals surface area contributed by atoms with E-state index in [-0.39, 0.29) is 0 Å². The summed E-state index contributed by atoms with van der Waals surface area (Å²) in [5.74, 6) is 2.98. The molecule has 1 aromatic heterocycles. The Bertz CT molecular complexity index is 796. The van der Waals surface area contributed by atoms with E-state index in [0.29, 0.717) is 24.6 Å². The molecule has 0 saturated carbocycles. The van der Waals surface area contributed by atoms with Gasteiger partial charge >= 0.3 is 0 Å². The zero-order valence-corrected chi connectivity index (χ0v) is 14.1. The second-order valence-electron chi connectivity index (χ2n) is 5.32. The molecule has 0 fully saturated rings. The predicted molar refractivity (Wildman–Crippen MR) is 92.7 cm³/mol. The fourth-order valence-electron chi connectivity index (χ4n) is 2.64. The third-order valence-electron chi connectivity index (χ3n) is 3.83. The fourth-order valence-corrected chi connectivity index (χ4v) is 2.64. The van der Waals surface area contributed by atoms with E-state index in [0.717, 1.165) is 28.2 Å². The zero-order chi connectivity index (χ0) is 16.9.